The molecule has 2 aliphatic rings. The molecule has 0 aromatic heterocycles. The number of esters is 1. The van der Waals surface area contributed by atoms with Gasteiger partial charge >= 0.3 is 5.97 Å². The van der Waals surface area contributed by atoms with Crippen LogP contribution in [0.25, 0.3) is 0 Å². The van der Waals surface area contributed by atoms with E-state index in [4.69, 9.17) is 27.9 Å². The highest BCUT2D eigenvalue weighted by Crippen LogP contribution is 2.44. The number of carbonyl (C=O) groups is 2. The summed E-state index contributed by atoms with van der Waals surface area (Å²) in [7, 11) is 0. The maximum absolute atomic E-state index is 12.9. The summed E-state index contributed by atoms with van der Waals surface area (Å²) in [5.41, 5.74) is 2.46. The number of rotatable bonds is 2. The van der Waals surface area contributed by atoms with Crippen LogP contribution >= 0.6 is 39.1 Å². The van der Waals surface area contributed by atoms with E-state index in [0.717, 1.165) is 4.47 Å². The van der Waals surface area contributed by atoms with Gasteiger partial charge in [-0.25, -0.2) is 4.79 Å². The number of benzene rings is 2. The fraction of sp³-hybridized carbons (Fsp3) is 0.158. The Morgan fingerprint density at radius 2 is 1.81 bits per heavy atom. The second kappa shape index (κ2) is 6.72. The molecule has 4 rings (SSSR count). The van der Waals surface area contributed by atoms with Crippen molar-refractivity contribution in [2.75, 3.05) is 11.5 Å². The smallest absolute Gasteiger partial charge is 0.336 e. The van der Waals surface area contributed by atoms with Gasteiger partial charge in [-0.05, 0) is 42.0 Å². The summed E-state index contributed by atoms with van der Waals surface area (Å²) in [5.74, 6) is -0.963. The third-order valence-corrected chi connectivity index (χ3v) is 5.63. The number of halogens is 3. The number of amides is 1. The van der Waals surface area contributed by atoms with E-state index in [1.165, 1.54) is 0 Å². The summed E-state index contributed by atoms with van der Waals surface area (Å²) in [5, 5.41) is 0.930. The van der Waals surface area contributed by atoms with Crippen LogP contribution in [0, 0.1) is 0 Å². The number of hydrogen-bond acceptors (Lipinski definition) is 3. The molecule has 2 heterocycles. The third-order valence-electron chi connectivity index (χ3n) is 4.54. The molecule has 0 aliphatic carbocycles. The Labute approximate surface area is 168 Å². The van der Waals surface area contributed by atoms with Gasteiger partial charge in [0.05, 0.1) is 11.3 Å². The zero-order valence-corrected chi connectivity index (χ0v) is 16.4. The molecule has 0 saturated heterocycles. The molecule has 0 radical (unpaired) electrons. The van der Waals surface area contributed by atoms with Crippen molar-refractivity contribution in [2.45, 2.75) is 12.3 Å². The van der Waals surface area contributed by atoms with Crippen LogP contribution in [0.15, 0.2) is 58.2 Å². The summed E-state index contributed by atoms with van der Waals surface area (Å²) in [6.45, 7) is 0.0671. The minimum atomic E-state index is -0.441. The monoisotopic (exact) mass is 451 g/mol. The average molecular weight is 453 g/mol. The normalized spacial score (nSPS) is 19.7. The van der Waals surface area contributed by atoms with Crippen molar-refractivity contribution in [3.05, 3.63) is 73.8 Å². The highest BCUT2D eigenvalue weighted by atomic mass is 79.9. The van der Waals surface area contributed by atoms with Gasteiger partial charge in [0.15, 0.2) is 0 Å². The zero-order chi connectivity index (χ0) is 18.4. The second-order valence-electron chi connectivity index (χ2n) is 6.06. The Hall–Kier alpha value is -1.82. The lowest BCUT2D eigenvalue weighted by Gasteiger charge is -2.32. The number of ether oxygens (including phenoxy) is 1. The molecule has 2 aliphatic heterocycles. The molecule has 132 valence electrons. The van der Waals surface area contributed by atoms with E-state index in [2.05, 4.69) is 15.9 Å². The molecule has 2 aromatic rings. The van der Waals surface area contributed by atoms with Gasteiger partial charge in [0, 0.05) is 32.5 Å². The Kier molecular flexibility index (Phi) is 4.55. The van der Waals surface area contributed by atoms with Crippen molar-refractivity contribution in [3.63, 3.8) is 0 Å². The molecule has 1 unspecified atom stereocenters. The Balaban J connectivity index is 1.84. The van der Waals surface area contributed by atoms with Crippen molar-refractivity contribution in [1.29, 1.82) is 0 Å². The first-order valence-corrected chi connectivity index (χ1v) is 9.44. The number of cyclic esters (lactones) is 1. The quantitative estimate of drug-likeness (QED) is 0.596. The first-order chi connectivity index (χ1) is 12.5. The molecular formula is C19H12BrCl2NO3. The topological polar surface area (TPSA) is 46.6 Å². The molecule has 2 aromatic carbocycles. The van der Waals surface area contributed by atoms with Crippen molar-refractivity contribution >= 4 is 56.7 Å². The Morgan fingerprint density at radius 3 is 2.50 bits per heavy atom. The number of carbonyl (C=O) groups excluding carboxylic acids is 2. The van der Waals surface area contributed by atoms with E-state index in [1.807, 2.05) is 24.3 Å². The second-order valence-corrected chi connectivity index (χ2v) is 7.82. The third kappa shape index (κ3) is 2.94. The molecular weight excluding hydrogens is 441 g/mol. The van der Waals surface area contributed by atoms with E-state index < -0.39 is 11.9 Å². The molecule has 0 fully saturated rings. The van der Waals surface area contributed by atoms with Gasteiger partial charge in [-0.15, -0.1) is 0 Å². The van der Waals surface area contributed by atoms with Crippen LogP contribution in [-0.2, 0) is 14.3 Å². The van der Waals surface area contributed by atoms with Gasteiger partial charge in [-0.1, -0.05) is 45.2 Å². The van der Waals surface area contributed by atoms with Gasteiger partial charge in [0.25, 0.3) is 0 Å². The van der Waals surface area contributed by atoms with E-state index in [-0.39, 0.29) is 18.9 Å². The van der Waals surface area contributed by atoms with Crippen LogP contribution in [0.5, 0.6) is 0 Å². The van der Waals surface area contributed by atoms with Crippen LogP contribution in [-0.4, -0.2) is 18.5 Å². The summed E-state index contributed by atoms with van der Waals surface area (Å²) in [6.07, 6.45) is 0.130. The van der Waals surface area contributed by atoms with Crippen LogP contribution in [0.2, 0.25) is 10.0 Å². The van der Waals surface area contributed by atoms with Crippen molar-refractivity contribution < 1.29 is 14.3 Å². The van der Waals surface area contributed by atoms with Gasteiger partial charge in [-0.2, -0.15) is 0 Å². The highest BCUT2D eigenvalue weighted by molar-refractivity contribution is 9.10. The van der Waals surface area contributed by atoms with E-state index in [9.17, 15) is 9.59 Å². The predicted molar refractivity (Wildman–Crippen MR) is 103 cm³/mol. The minimum absolute atomic E-state index is 0.0671. The SMILES string of the molecule is O=C1OCC2=C1C(c1ccc(Cl)cc1Cl)CC(=O)N2c1ccc(Br)cc1. The first kappa shape index (κ1) is 17.6. The first-order valence-electron chi connectivity index (χ1n) is 7.89. The molecule has 7 heteroatoms. The largest absolute Gasteiger partial charge is 0.456 e. The molecule has 0 spiro atoms. The summed E-state index contributed by atoms with van der Waals surface area (Å²) in [6, 6.07) is 12.4. The maximum Gasteiger partial charge on any atom is 0.336 e. The summed E-state index contributed by atoms with van der Waals surface area (Å²) < 4.78 is 6.16. The lowest BCUT2D eigenvalue weighted by molar-refractivity contribution is -0.136. The van der Waals surface area contributed by atoms with Crippen LogP contribution in [0.1, 0.15) is 17.9 Å². The lowest BCUT2D eigenvalue weighted by atomic mass is 9.84. The molecule has 0 N–H and O–H groups in total. The van der Waals surface area contributed by atoms with Crippen molar-refractivity contribution in [3.8, 4) is 0 Å². The number of nitrogens with zero attached hydrogens (tertiary/aromatic N) is 1. The average Bonchev–Trinajstić information content (AvgIpc) is 2.97. The van der Waals surface area contributed by atoms with Gasteiger partial charge in [0.2, 0.25) is 5.91 Å². The minimum Gasteiger partial charge on any atom is -0.456 e. The van der Waals surface area contributed by atoms with E-state index in [0.29, 0.717) is 32.6 Å². The fourth-order valence-electron chi connectivity index (χ4n) is 3.39. The van der Waals surface area contributed by atoms with Crippen molar-refractivity contribution in [2.24, 2.45) is 0 Å². The maximum atomic E-state index is 12.9. The predicted octanol–water partition coefficient (Wildman–Crippen LogP) is 5.09. The van der Waals surface area contributed by atoms with Gasteiger partial charge in [0.1, 0.15) is 6.61 Å². The lowest BCUT2D eigenvalue weighted by Crippen LogP contribution is -2.37. The highest BCUT2D eigenvalue weighted by Gasteiger charge is 2.43. The molecule has 26 heavy (non-hydrogen) atoms. The van der Waals surface area contributed by atoms with Crippen molar-refractivity contribution in [1.82, 2.24) is 0 Å². The van der Waals surface area contributed by atoms with E-state index in [1.54, 1.807) is 23.1 Å². The molecule has 1 atom stereocenters. The Bertz CT molecular complexity index is 956. The molecule has 0 saturated carbocycles. The Morgan fingerprint density at radius 1 is 1.08 bits per heavy atom. The van der Waals surface area contributed by atoms with Crippen LogP contribution in [0.4, 0.5) is 5.69 Å². The zero-order valence-electron chi connectivity index (χ0n) is 13.3. The summed E-state index contributed by atoms with van der Waals surface area (Å²) >= 11 is 15.7. The van der Waals surface area contributed by atoms with E-state index >= 15 is 0 Å². The molecule has 1 amide bonds. The fourth-order valence-corrected chi connectivity index (χ4v) is 4.20. The summed E-state index contributed by atoms with van der Waals surface area (Å²) in [4.78, 5) is 26.9. The number of anilines is 1. The van der Waals surface area contributed by atoms with Gasteiger partial charge in [-0.3, -0.25) is 9.69 Å². The van der Waals surface area contributed by atoms with Crippen LogP contribution < -0.4 is 4.90 Å². The standard InChI is InChI=1S/C19H12BrCl2NO3/c20-10-1-4-12(5-2-10)23-16-9-26-19(25)18(16)14(8-17(23)24)13-6-3-11(21)7-15(13)22/h1-7,14H,8-9H2. The van der Waals surface area contributed by atoms with Crippen LogP contribution in [0.3, 0.4) is 0 Å². The van der Waals surface area contributed by atoms with Gasteiger partial charge < -0.3 is 4.74 Å². The number of hydrogen-bond donors (Lipinski definition) is 0. The molecule has 0 bridgehead atoms. The molecule has 4 nitrogen and oxygen atoms in total.